The minimum atomic E-state index is 0.105. The number of hydrogen-bond donors (Lipinski definition) is 1. The SMILES string of the molecule is CC(C)(C)c1ccnc(CCS)n1. The fourth-order valence-electron chi connectivity index (χ4n) is 1.04. The number of aromatic nitrogens is 2. The largest absolute Gasteiger partial charge is 0.241 e. The van der Waals surface area contributed by atoms with Crippen molar-refractivity contribution in [3.8, 4) is 0 Å². The third-order valence-electron chi connectivity index (χ3n) is 1.81. The van der Waals surface area contributed by atoms with E-state index in [1.54, 1.807) is 0 Å². The van der Waals surface area contributed by atoms with E-state index in [9.17, 15) is 0 Å². The van der Waals surface area contributed by atoms with Crippen LogP contribution in [0.5, 0.6) is 0 Å². The van der Waals surface area contributed by atoms with E-state index >= 15 is 0 Å². The third-order valence-corrected chi connectivity index (χ3v) is 2.03. The van der Waals surface area contributed by atoms with Gasteiger partial charge in [-0.3, -0.25) is 0 Å². The van der Waals surface area contributed by atoms with E-state index in [4.69, 9.17) is 0 Å². The lowest BCUT2D eigenvalue weighted by molar-refractivity contribution is 0.562. The molecule has 1 heterocycles. The molecule has 0 spiro atoms. The molecule has 0 aromatic carbocycles. The Labute approximate surface area is 85.2 Å². The smallest absolute Gasteiger partial charge is 0.129 e. The van der Waals surface area contributed by atoms with E-state index in [1.807, 2.05) is 12.3 Å². The van der Waals surface area contributed by atoms with E-state index in [0.717, 1.165) is 23.7 Å². The topological polar surface area (TPSA) is 25.8 Å². The minimum absolute atomic E-state index is 0.105. The zero-order chi connectivity index (χ0) is 9.90. The standard InChI is InChI=1S/C10H16N2S/c1-10(2,3)8-4-6-11-9(12-8)5-7-13/h4,6,13H,5,7H2,1-3H3. The van der Waals surface area contributed by atoms with Gasteiger partial charge in [-0.1, -0.05) is 20.8 Å². The molecule has 1 aromatic heterocycles. The molecule has 0 aliphatic heterocycles. The van der Waals surface area contributed by atoms with Crippen LogP contribution in [0.25, 0.3) is 0 Å². The predicted molar refractivity (Wildman–Crippen MR) is 58.3 cm³/mol. The van der Waals surface area contributed by atoms with Crippen LogP contribution in [-0.4, -0.2) is 15.7 Å². The summed E-state index contributed by atoms with van der Waals surface area (Å²) in [5.41, 5.74) is 1.20. The van der Waals surface area contributed by atoms with Gasteiger partial charge in [-0.2, -0.15) is 12.6 Å². The van der Waals surface area contributed by atoms with E-state index < -0.39 is 0 Å². The van der Waals surface area contributed by atoms with Crippen LogP contribution < -0.4 is 0 Å². The van der Waals surface area contributed by atoms with E-state index in [2.05, 4.69) is 43.4 Å². The minimum Gasteiger partial charge on any atom is -0.241 e. The Morgan fingerprint density at radius 2 is 2.08 bits per heavy atom. The average molecular weight is 196 g/mol. The zero-order valence-electron chi connectivity index (χ0n) is 8.41. The number of hydrogen-bond acceptors (Lipinski definition) is 3. The maximum atomic E-state index is 4.47. The summed E-state index contributed by atoms with van der Waals surface area (Å²) in [5, 5.41) is 0. The van der Waals surface area contributed by atoms with Crippen molar-refractivity contribution in [2.24, 2.45) is 0 Å². The molecule has 0 saturated heterocycles. The van der Waals surface area contributed by atoms with Gasteiger partial charge in [-0.15, -0.1) is 0 Å². The van der Waals surface area contributed by atoms with Gasteiger partial charge in [0.1, 0.15) is 5.82 Å². The first-order chi connectivity index (χ1) is 6.04. The second-order valence-electron chi connectivity index (χ2n) is 4.08. The summed E-state index contributed by atoms with van der Waals surface area (Å²) in [4.78, 5) is 8.66. The van der Waals surface area contributed by atoms with Gasteiger partial charge < -0.3 is 0 Å². The Bertz CT molecular complexity index is 278. The Morgan fingerprint density at radius 3 is 2.62 bits per heavy atom. The van der Waals surface area contributed by atoms with Gasteiger partial charge in [0.05, 0.1) is 0 Å². The number of rotatable bonds is 2. The summed E-state index contributed by atoms with van der Waals surface area (Å²) in [6, 6.07) is 1.97. The van der Waals surface area contributed by atoms with Crippen LogP contribution in [0.3, 0.4) is 0 Å². The highest BCUT2D eigenvalue weighted by Gasteiger charge is 2.15. The lowest BCUT2D eigenvalue weighted by Crippen LogP contribution is -2.15. The highest BCUT2D eigenvalue weighted by molar-refractivity contribution is 7.80. The summed E-state index contributed by atoms with van der Waals surface area (Å²) in [5.74, 6) is 1.69. The van der Waals surface area contributed by atoms with E-state index in [0.29, 0.717) is 0 Å². The van der Waals surface area contributed by atoms with Crippen LogP contribution in [0, 0.1) is 0 Å². The monoisotopic (exact) mass is 196 g/mol. The number of thiol groups is 1. The van der Waals surface area contributed by atoms with Crippen molar-refractivity contribution in [2.45, 2.75) is 32.6 Å². The van der Waals surface area contributed by atoms with Crippen LogP contribution in [0.1, 0.15) is 32.3 Å². The molecule has 0 atom stereocenters. The fourth-order valence-corrected chi connectivity index (χ4v) is 1.24. The van der Waals surface area contributed by atoms with E-state index in [-0.39, 0.29) is 5.41 Å². The van der Waals surface area contributed by atoms with Crippen molar-refractivity contribution < 1.29 is 0 Å². The van der Waals surface area contributed by atoms with Gasteiger partial charge in [0.25, 0.3) is 0 Å². The fraction of sp³-hybridized carbons (Fsp3) is 0.600. The van der Waals surface area contributed by atoms with Crippen molar-refractivity contribution in [1.29, 1.82) is 0 Å². The maximum Gasteiger partial charge on any atom is 0.129 e. The molecule has 13 heavy (non-hydrogen) atoms. The molecule has 2 nitrogen and oxygen atoms in total. The molecule has 0 radical (unpaired) electrons. The zero-order valence-corrected chi connectivity index (χ0v) is 9.30. The third kappa shape index (κ3) is 2.99. The van der Waals surface area contributed by atoms with Crippen LogP contribution >= 0.6 is 12.6 Å². The van der Waals surface area contributed by atoms with Crippen molar-refractivity contribution in [2.75, 3.05) is 5.75 Å². The number of nitrogens with zero attached hydrogens (tertiary/aromatic N) is 2. The lowest BCUT2D eigenvalue weighted by Gasteiger charge is -2.17. The molecule has 0 aliphatic carbocycles. The molecule has 1 aromatic rings. The predicted octanol–water partition coefficient (Wildman–Crippen LogP) is 2.25. The Hall–Kier alpha value is -0.570. The molecule has 0 amide bonds. The summed E-state index contributed by atoms with van der Waals surface area (Å²) in [7, 11) is 0. The normalized spacial score (nSPS) is 11.7. The Morgan fingerprint density at radius 1 is 1.38 bits per heavy atom. The highest BCUT2D eigenvalue weighted by atomic mass is 32.1. The second-order valence-corrected chi connectivity index (χ2v) is 4.53. The number of aryl methyl sites for hydroxylation is 1. The van der Waals surface area contributed by atoms with Gasteiger partial charge in [-0.25, -0.2) is 9.97 Å². The Kier molecular flexibility index (Phi) is 3.31. The molecule has 72 valence electrons. The van der Waals surface area contributed by atoms with Gasteiger partial charge in [0.15, 0.2) is 0 Å². The van der Waals surface area contributed by atoms with Crippen molar-refractivity contribution in [3.05, 3.63) is 23.8 Å². The highest BCUT2D eigenvalue weighted by Crippen LogP contribution is 2.19. The Balaban J connectivity index is 2.92. The molecular weight excluding hydrogens is 180 g/mol. The summed E-state index contributed by atoms with van der Waals surface area (Å²) >= 11 is 4.16. The first-order valence-electron chi connectivity index (χ1n) is 4.47. The molecule has 1 rings (SSSR count). The molecular formula is C10H16N2S. The van der Waals surface area contributed by atoms with Crippen molar-refractivity contribution in [3.63, 3.8) is 0 Å². The van der Waals surface area contributed by atoms with Gasteiger partial charge >= 0.3 is 0 Å². The molecule has 0 unspecified atom stereocenters. The van der Waals surface area contributed by atoms with Crippen molar-refractivity contribution >= 4 is 12.6 Å². The summed E-state index contributed by atoms with van der Waals surface area (Å²) in [6.45, 7) is 6.46. The molecule has 0 bridgehead atoms. The first kappa shape index (κ1) is 10.5. The lowest BCUT2D eigenvalue weighted by atomic mass is 9.92. The van der Waals surface area contributed by atoms with Gasteiger partial charge in [-0.05, 0) is 11.8 Å². The van der Waals surface area contributed by atoms with Crippen LogP contribution in [0.4, 0.5) is 0 Å². The van der Waals surface area contributed by atoms with Crippen LogP contribution in [0.15, 0.2) is 12.3 Å². The molecule has 0 aliphatic rings. The second kappa shape index (κ2) is 4.09. The molecule has 0 saturated carbocycles. The maximum absolute atomic E-state index is 4.47. The summed E-state index contributed by atoms with van der Waals surface area (Å²) < 4.78 is 0. The molecule has 3 heteroatoms. The molecule has 0 N–H and O–H groups in total. The summed E-state index contributed by atoms with van der Waals surface area (Å²) in [6.07, 6.45) is 2.67. The molecule has 0 fully saturated rings. The van der Waals surface area contributed by atoms with Crippen molar-refractivity contribution in [1.82, 2.24) is 9.97 Å². The van der Waals surface area contributed by atoms with Crippen LogP contribution in [-0.2, 0) is 11.8 Å². The van der Waals surface area contributed by atoms with Gasteiger partial charge in [0, 0.05) is 23.7 Å². The van der Waals surface area contributed by atoms with Gasteiger partial charge in [0.2, 0.25) is 0 Å². The van der Waals surface area contributed by atoms with Crippen LogP contribution in [0.2, 0.25) is 0 Å². The average Bonchev–Trinajstić information content (AvgIpc) is 2.04. The quantitative estimate of drug-likeness (QED) is 0.734. The first-order valence-corrected chi connectivity index (χ1v) is 5.10. The van der Waals surface area contributed by atoms with E-state index in [1.165, 1.54) is 0 Å².